The van der Waals surface area contributed by atoms with Gasteiger partial charge in [0.25, 0.3) is 0 Å². The number of hydrogen-bond acceptors (Lipinski definition) is 5. The van der Waals surface area contributed by atoms with Crippen LogP contribution in [0.2, 0.25) is 0 Å². The quantitative estimate of drug-likeness (QED) is 0.813. The minimum absolute atomic E-state index is 0.404. The number of ether oxygens (including phenoxy) is 1. The van der Waals surface area contributed by atoms with Crippen molar-refractivity contribution in [2.24, 2.45) is 5.73 Å². The number of esters is 1. The standard InChI is InChI=1S/C15H17N3O2/c1-20-15(19)13-3-2-8-17-14(13)18-10-12-6-4-11(9-16)5-7-12/h2-8H,9-10,16H2,1H3,(H,17,18). The van der Waals surface area contributed by atoms with Crippen molar-refractivity contribution in [2.75, 3.05) is 12.4 Å². The maximum absolute atomic E-state index is 11.6. The van der Waals surface area contributed by atoms with Gasteiger partial charge in [0.05, 0.1) is 7.11 Å². The van der Waals surface area contributed by atoms with Gasteiger partial charge in [0, 0.05) is 19.3 Å². The number of anilines is 1. The topological polar surface area (TPSA) is 77.2 Å². The van der Waals surface area contributed by atoms with Crippen LogP contribution < -0.4 is 11.1 Å². The molecule has 0 spiro atoms. The molecule has 0 unspecified atom stereocenters. The van der Waals surface area contributed by atoms with Crippen molar-refractivity contribution < 1.29 is 9.53 Å². The Morgan fingerprint density at radius 3 is 2.60 bits per heavy atom. The average molecular weight is 271 g/mol. The smallest absolute Gasteiger partial charge is 0.341 e. The van der Waals surface area contributed by atoms with Gasteiger partial charge < -0.3 is 15.8 Å². The lowest BCUT2D eigenvalue weighted by Gasteiger charge is -2.09. The van der Waals surface area contributed by atoms with E-state index in [1.165, 1.54) is 7.11 Å². The minimum atomic E-state index is -0.404. The number of nitrogens with one attached hydrogen (secondary N) is 1. The van der Waals surface area contributed by atoms with Gasteiger partial charge in [-0.1, -0.05) is 24.3 Å². The van der Waals surface area contributed by atoms with Gasteiger partial charge in [-0.15, -0.1) is 0 Å². The van der Waals surface area contributed by atoms with E-state index in [2.05, 4.69) is 10.3 Å². The molecule has 2 aromatic rings. The van der Waals surface area contributed by atoms with Crippen molar-refractivity contribution in [3.63, 3.8) is 0 Å². The predicted octanol–water partition coefficient (Wildman–Crippen LogP) is 1.94. The molecule has 3 N–H and O–H groups in total. The lowest BCUT2D eigenvalue weighted by Crippen LogP contribution is -2.09. The summed E-state index contributed by atoms with van der Waals surface area (Å²) in [7, 11) is 1.35. The van der Waals surface area contributed by atoms with Crippen LogP contribution in [0.25, 0.3) is 0 Å². The number of benzene rings is 1. The van der Waals surface area contributed by atoms with Gasteiger partial charge in [-0.2, -0.15) is 0 Å². The fraction of sp³-hybridized carbons (Fsp3) is 0.200. The van der Waals surface area contributed by atoms with Crippen LogP contribution in [0.1, 0.15) is 21.5 Å². The molecule has 0 saturated heterocycles. The first kappa shape index (κ1) is 14.0. The van der Waals surface area contributed by atoms with Crippen molar-refractivity contribution in [3.8, 4) is 0 Å². The van der Waals surface area contributed by atoms with Gasteiger partial charge >= 0.3 is 5.97 Å². The zero-order valence-electron chi connectivity index (χ0n) is 11.3. The minimum Gasteiger partial charge on any atom is -0.465 e. The molecule has 0 aliphatic heterocycles. The molecule has 0 radical (unpaired) electrons. The molecular formula is C15H17N3O2. The van der Waals surface area contributed by atoms with Crippen molar-refractivity contribution in [1.82, 2.24) is 4.98 Å². The van der Waals surface area contributed by atoms with Crippen LogP contribution in [0.5, 0.6) is 0 Å². The van der Waals surface area contributed by atoms with Gasteiger partial charge in [-0.05, 0) is 23.3 Å². The van der Waals surface area contributed by atoms with Crippen LogP contribution in [0.15, 0.2) is 42.6 Å². The van der Waals surface area contributed by atoms with Crippen molar-refractivity contribution >= 4 is 11.8 Å². The average Bonchev–Trinajstić information content (AvgIpc) is 2.53. The Kier molecular flexibility index (Phi) is 4.68. The molecular weight excluding hydrogens is 254 g/mol. The number of methoxy groups -OCH3 is 1. The van der Waals surface area contributed by atoms with Gasteiger partial charge in [0.1, 0.15) is 11.4 Å². The van der Waals surface area contributed by atoms with Gasteiger partial charge in [0.2, 0.25) is 0 Å². The van der Waals surface area contributed by atoms with E-state index < -0.39 is 5.97 Å². The van der Waals surface area contributed by atoms with E-state index in [1.54, 1.807) is 18.3 Å². The number of nitrogens with zero attached hydrogens (tertiary/aromatic N) is 1. The fourth-order valence-electron chi connectivity index (χ4n) is 1.80. The van der Waals surface area contributed by atoms with Crippen LogP contribution in [0, 0.1) is 0 Å². The molecule has 0 atom stereocenters. The van der Waals surface area contributed by atoms with Crippen molar-refractivity contribution in [1.29, 1.82) is 0 Å². The Labute approximate surface area is 117 Å². The SMILES string of the molecule is COC(=O)c1cccnc1NCc1ccc(CN)cc1. The molecule has 0 saturated carbocycles. The molecule has 5 heteroatoms. The van der Waals surface area contributed by atoms with Crippen molar-refractivity contribution in [2.45, 2.75) is 13.1 Å². The highest BCUT2D eigenvalue weighted by Crippen LogP contribution is 2.14. The van der Waals surface area contributed by atoms with E-state index >= 15 is 0 Å². The Morgan fingerprint density at radius 1 is 1.25 bits per heavy atom. The third kappa shape index (κ3) is 3.33. The van der Waals surface area contributed by atoms with E-state index in [9.17, 15) is 4.79 Å². The van der Waals surface area contributed by atoms with Crippen LogP contribution in [0.3, 0.4) is 0 Å². The second kappa shape index (κ2) is 6.68. The fourth-order valence-corrected chi connectivity index (χ4v) is 1.80. The second-order valence-electron chi connectivity index (χ2n) is 4.27. The summed E-state index contributed by atoms with van der Waals surface area (Å²) >= 11 is 0. The molecule has 20 heavy (non-hydrogen) atoms. The maximum atomic E-state index is 11.6. The first-order chi connectivity index (χ1) is 9.74. The highest BCUT2D eigenvalue weighted by atomic mass is 16.5. The van der Waals surface area contributed by atoms with Gasteiger partial charge in [-0.25, -0.2) is 9.78 Å². The Morgan fingerprint density at radius 2 is 1.95 bits per heavy atom. The summed E-state index contributed by atoms with van der Waals surface area (Å²) < 4.78 is 4.73. The molecule has 1 aromatic heterocycles. The van der Waals surface area contributed by atoms with E-state index in [0.29, 0.717) is 24.5 Å². The number of carbonyl (C=O) groups excluding carboxylic acids is 1. The summed E-state index contributed by atoms with van der Waals surface area (Å²) in [5, 5.41) is 3.14. The number of pyridine rings is 1. The highest BCUT2D eigenvalue weighted by molar-refractivity contribution is 5.94. The summed E-state index contributed by atoms with van der Waals surface area (Å²) in [5.74, 6) is 0.112. The van der Waals surface area contributed by atoms with E-state index in [4.69, 9.17) is 10.5 Å². The summed E-state index contributed by atoms with van der Waals surface area (Å²) in [6, 6.07) is 11.3. The lowest BCUT2D eigenvalue weighted by atomic mass is 10.1. The Balaban J connectivity index is 2.08. The summed E-state index contributed by atoms with van der Waals surface area (Å²) in [6.07, 6.45) is 1.63. The van der Waals surface area contributed by atoms with Crippen LogP contribution in [-0.4, -0.2) is 18.1 Å². The Bertz CT molecular complexity index is 582. The highest BCUT2D eigenvalue weighted by Gasteiger charge is 2.11. The molecule has 1 aromatic carbocycles. The third-order valence-electron chi connectivity index (χ3n) is 2.93. The molecule has 2 rings (SSSR count). The van der Waals surface area contributed by atoms with Crippen LogP contribution in [-0.2, 0) is 17.8 Å². The summed E-state index contributed by atoms with van der Waals surface area (Å²) in [6.45, 7) is 1.10. The lowest BCUT2D eigenvalue weighted by molar-refractivity contribution is 0.0601. The third-order valence-corrected chi connectivity index (χ3v) is 2.93. The number of nitrogens with two attached hydrogens (primary N) is 1. The zero-order valence-corrected chi connectivity index (χ0v) is 11.3. The molecule has 104 valence electrons. The first-order valence-electron chi connectivity index (χ1n) is 6.29. The zero-order chi connectivity index (χ0) is 14.4. The molecule has 1 heterocycles. The normalized spacial score (nSPS) is 10.1. The monoisotopic (exact) mass is 271 g/mol. The van der Waals surface area contributed by atoms with Crippen LogP contribution >= 0.6 is 0 Å². The number of aromatic nitrogens is 1. The molecule has 0 aliphatic rings. The number of rotatable bonds is 5. The van der Waals surface area contributed by atoms with E-state index in [1.807, 2.05) is 24.3 Å². The second-order valence-corrected chi connectivity index (χ2v) is 4.27. The largest absolute Gasteiger partial charge is 0.465 e. The van der Waals surface area contributed by atoms with E-state index in [-0.39, 0.29) is 0 Å². The number of carbonyl (C=O) groups is 1. The first-order valence-corrected chi connectivity index (χ1v) is 6.29. The molecule has 0 amide bonds. The molecule has 0 aliphatic carbocycles. The van der Waals surface area contributed by atoms with Crippen molar-refractivity contribution in [3.05, 3.63) is 59.3 Å². The maximum Gasteiger partial charge on any atom is 0.341 e. The molecule has 0 bridgehead atoms. The van der Waals surface area contributed by atoms with E-state index in [0.717, 1.165) is 11.1 Å². The summed E-state index contributed by atoms with van der Waals surface area (Å²) in [4.78, 5) is 15.8. The van der Waals surface area contributed by atoms with Gasteiger partial charge in [0.15, 0.2) is 0 Å². The summed E-state index contributed by atoms with van der Waals surface area (Å²) in [5.41, 5.74) is 8.15. The van der Waals surface area contributed by atoms with Crippen LogP contribution in [0.4, 0.5) is 5.82 Å². The molecule has 5 nitrogen and oxygen atoms in total. The molecule has 0 fully saturated rings. The number of hydrogen-bond donors (Lipinski definition) is 2. The Hall–Kier alpha value is -2.40. The van der Waals surface area contributed by atoms with Gasteiger partial charge in [-0.3, -0.25) is 0 Å². The predicted molar refractivity (Wildman–Crippen MR) is 77.2 cm³/mol.